The summed E-state index contributed by atoms with van der Waals surface area (Å²) < 4.78 is 15.7. The van der Waals surface area contributed by atoms with Gasteiger partial charge in [0, 0.05) is 11.6 Å². The van der Waals surface area contributed by atoms with Crippen molar-refractivity contribution in [3.05, 3.63) is 23.8 Å². The van der Waals surface area contributed by atoms with Crippen LogP contribution in [0.1, 0.15) is 19.4 Å². The van der Waals surface area contributed by atoms with Crippen molar-refractivity contribution in [3.63, 3.8) is 0 Å². The molecule has 92 valence electrons. The van der Waals surface area contributed by atoms with Crippen LogP contribution in [0.25, 0.3) is 0 Å². The highest BCUT2D eigenvalue weighted by Crippen LogP contribution is 2.47. The number of hydrogen-bond acceptors (Lipinski definition) is 4. The summed E-state index contributed by atoms with van der Waals surface area (Å²) in [5.41, 5.74) is 0.266. The Kier molecular flexibility index (Phi) is 2.73. The number of cyclic esters (lactones) is 1. The molecule has 0 radical (unpaired) electrons. The maximum atomic E-state index is 11.3. The van der Waals surface area contributed by atoms with Gasteiger partial charge in [0.05, 0.1) is 20.1 Å². The van der Waals surface area contributed by atoms with E-state index in [4.69, 9.17) is 14.2 Å². The third-order valence-corrected chi connectivity index (χ3v) is 3.44. The summed E-state index contributed by atoms with van der Waals surface area (Å²) >= 11 is 0. The quantitative estimate of drug-likeness (QED) is 0.754. The summed E-state index contributed by atoms with van der Waals surface area (Å²) in [4.78, 5) is 11.3. The minimum absolute atomic E-state index is 0.162. The summed E-state index contributed by atoms with van der Waals surface area (Å²) in [5.74, 6) is 1.05. The molecular formula is C13H16O4. The van der Waals surface area contributed by atoms with Crippen molar-refractivity contribution >= 4 is 5.97 Å². The van der Waals surface area contributed by atoms with E-state index in [0.29, 0.717) is 11.5 Å². The maximum absolute atomic E-state index is 11.3. The second kappa shape index (κ2) is 3.95. The Morgan fingerprint density at radius 2 is 2.00 bits per heavy atom. The van der Waals surface area contributed by atoms with Crippen molar-refractivity contribution in [2.24, 2.45) is 5.92 Å². The van der Waals surface area contributed by atoms with E-state index in [-0.39, 0.29) is 11.9 Å². The number of carbonyl (C=O) groups excluding carboxylic acids is 1. The molecule has 1 aliphatic rings. The second-order valence-corrected chi connectivity index (χ2v) is 4.32. The monoisotopic (exact) mass is 236 g/mol. The van der Waals surface area contributed by atoms with Gasteiger partial charge in [-0.3, -0.25) is 4.79 Å². The van der Waals surface area contributed by atoms with Crippen molar-refractivity contribution in [1.29, 1.82) is 0 Å². The molecule has 1 saturated heterocycles. The Morgan fingerprint density at radius 1 is 1.29 bits per heavy atom. The fraction of sp³-hybridized carbons (Fsp3) is 0.462. The fourth-order valence-corrected chi connectivity index (χ4v) is 2.05. The normalized spacial score (nSPS) is 27.1. The largest absolute Gasteiger partial charge is 0.497 e. The lowest BCUT2D eigenvalue weighted by atomic mass is 9.78. The van der Waals surface area contributed by atoms with Gasteiger partial charge in [0.2, 0.25) is 0 Å². The summed E-state index contributed by atoms with van der Waals surface area (Å²) in [6, 6.07) is 5.50. The van der Waals surface area contributed by atoms with Crippen LogP contribution in [-0.2, 0) is 15.1 Å². The van der Waals surface area contributed by atoms with Gasteiger partial charge in [0.25, 0.3) is 0 Å². The maximum Gasteiger partial charge on any atom is 0.314 e. The third kappa shape index (κ3) is 1.64. The van der Waals surface area contributed by atoms with Crippen LogP contribution in [0.15, 0.2) is 18.2 Å². The molecule has 1 fully saturated rings. The second-order valence-electron chi connectivity index (χ2n) is 4.32. The highest BCUT2D eigenvalue weighted by Gasteiger charge is 2.52. The van der Waals surface area contributed by atoms with Crippen LogP contribution in [0.2, 0.25) is 0 Å². The number of ether oxygens (including phenoxy) is 3. The molecule has 0 N–H and O–H groups in total. The molecule has 0 amide bonds. The van der Waals surface area contributed by atoms with Gasteiger partial charge in [0.1, 0.15) is 11.5 Å². The predicted octanol–water partition coefficient (Wildman–Crippen LogP) is 2.11. The topological polar surface area (TPSA) is 44.8 Å². The van der Waals surface area contributed by atoms with Gasteiger partial charge in [-0.05, 0) is 26.0 Å². The zero-order valence-corrected chi connectivity index (χ0v) is 10.4. The van der Waals surface area contributed by atoms with E-state index < -0.39 is 5.60 Å². The highest BCUT2D eigenvalue weighted by atomic mass is 16.6. The van der Waals surface area contributed by atoms with Gasteiger partial charge >= 0.3 is 5.97 Å². The standard InChI is InChI=1S/C13H16O4/c1-8-12(14)17-13(8,2)10-6-5-9(15-3)7-11(10)16-4/h5-8H,1-4H3. The van der Waals surface area contributed by atoms with Crippen molar-refractivity contribution < 1.29 is 19.0 Å². The summed E-state index contributed by atoms with van der Waals surface area (Å²) in [7, 11) is 3.19. The van der Waals surface area contributed by atoms with Crippen molar-refractivity contribution in [1.82, 2.24) is 0 Å². The average molecular weight is 236 g/mol. The Bertz CT molecular complexity index is 455. The van der Waals surface area contributed by atoms with Crippen LogP contribution < -0.4 is 9.47 Å². The lowest BCUT2D eigenvalue weighted by molar-refractivity contribution is -0.209. The molecule has 0 bridgehead atoms. The number of methoxy groups -OCH3 is 2. The lowest BCUT2D eigenvalue weighted by Crippen LogP contribution is -2.51. The fourth-order valence-electron chi connectivity index (χ4n) is 2.05. The Hall–Kier alpha value is -1.71. The van der Waals surface area contributed by atoms with E-state index in [9.17, 15) is 4.79 Å². The van der Waals surface area contributed by atoms with Gasteiger partial charge in [0.15, 0.2) is 5.60 Å². The van der Waals surface area contributed by atoms with E-state index in [1.165, 1.54) is 0 Å². The van der Waals surface area contributed by atoms with Crippen LogP contribution in [-0.4, -0.2) is 20.2 Å². The molecule has 0 aliphatic carbocycles. The Labute approximate surface area is 100 Å². The number of esters is 1. The molecule has 4 heteroatoms. The molecule has 1 heterocycles. The van der Waals surface area contributed by atoms with Gasteiger partial charge < -0.3 is 14.2 Å². The summed E-state index contributed by atoms with van der Waals surface area (Å²) in [6.07, 6.45) is 0. The SMILES string of the molecule is COc1ccc(C2(C)OC(=O)C2C)c(OC)c1. The summed E-state index contributed by atoms with van der Waals surface area (Å²) in [5, 5.41) is 0. The van der Waals surface area contributed by atoms with E-state index in [1.807, 2.05) is 26.0 Å². The molecule has 0 aromatic heterocycles. The van der Waals surface area contributed by atoms with Crippen LogP contribution >= 0.6 is 0 Å². The number of carbonyl (C=O) groups is 1. The molecule has 2 atom stereocenters. The number of rotatable bonds is 3. The molecule has 0 saturated carbocycles. The van der Waals surface area contributed by atoms with Crippen molar-refractivity contribution in [2.75, 3.05) is 14.2 Å². The van der Waals surface area contributed by atoms with E-state index >= 15 is 0 Å². The summed E-state index contributed by atoms with van der Waals surface area (Å²) in [6.45, 7) is 3.75. The lowest BCUT2D eigenvalue weighted by Gasteiger charge is -2.44. The zero-order valence-electron chi connectivity index (χ0n) is 10.4. The molecule has 1 aromatic carbocycles. The van der Waals surface area contributed by atoms with Gasteiger partial charge in [-0.1, -0.05) is 0 Å². The highest BCUT2D eigenvalue weighted by molar-refractivity contribution is 5.81. The third-order valence-electron chi connectivity index (χ3n) is 3.44. The van der Waals surface area contributed by atoms with Gasteiger partial charge in [-0.15, -0.1) is 0 Å². The van der Waals surface area contributed by atoms with Crippen molar-refractivity contribution in [2.45, 2.75) is 19.4 Å². The molecule has 17 heavy (non-hydrogen) atoms. The average Bonchev–Trinajstić information content (AvgIpc) is 2.37. The first-order chi connectivity index (χ1) is 8.02. The smallest absolute Gasteiger partial charge is 0.314 e. The zero-order chi connectivity index (χ0) is 12.6. The van der Waals surface area contributed by atoms with E-state index in [0.717, 1.165) is 5.56 Å². The minimum atomic E-state index is -0.602. The molecular weight excluding hydrogens is 220 g/mol. The van der Waals surface area contributed by atoms with E-state index in [1.54, 1.807) is 20.3 Å². The van der Waals surface area contributed by atoms with Crippen LogP contribution in [0.5, 0.6) is 11.5 Å². The van der Waals surface area contributed by atoms with Gasteiger partial charge in [-0.2, -0.15) is 0 Å². The molecule has 2 unspecified atom stereocenters. The minimum Gasteiger partial charge on any atom is -0.497 e. The van der Waals surface area contributed by atoms with E-state index in [2.05, 4.69) is 0 Å². The first kappa shape index (κ1) is 11.8. The number of hydrogen-bond donors (Lipinski definition) is 0. The molecule has 4 nitrogen and oxygen atoms in total. The first-order valence-corrected chi connectivity index (χ1v) is 5.48. The van der Waals surface area contributed by atoms with Crippen LogP contribution in [0.4, 0.5) is 0 Å². The molecule has 1 aromatic rings. The Morgan fingerprint density at radius 3 is 2.47 bits per heavy atom. The molecule has 2 rings (SSSR count). The molecule has 0 spiro atoms. The number of benzene rings is 1. The van der Waals surface area contributed by atoms with Gasteiger partial charge in [-0.25, -0.2) is 0 Å². The van der Waals surface area contributed by atoms with Crippen LogP contribution in [0, 0.1) is 5.92 Å². The Balaban J connectivity index is 2.42. The van der Waals surface area contributed by atoms with Crippen LogP contribution in [0.3, 0.4) is 0 Å². The predicted molar refractivity (Wildman–Crippen MR) is 62.2 cm³/mol. The first-order valence-electron chi connectivity index (χ1n) is 5.48. The van der Waals surface area contributed by atoms with Crippen molar-refractivity contribution in [3.8, 4) is 11.5 Å². The molecule has 1 aliphatic heterocycles.